The molecule has 2 aromatic carbocycles. The summed E-state index contributed by atoms with van der Waals surface area (Å²) in [5, 5.41) is 0. The Balaban J connectivity index is 2.09. The lowest BCUT2D eigenvalue weighted by molar-refractivity contribution is 0.00578. The molecule has 0 saturated carbocycles. The van der Waals surface area contributed by atoms with Gasteiger partial charge in [-0.05, 0) is 80.8 Å². The van der Waals surface area contributed by atoms with Gasteiger partial charge in [-0.3, -0.25) is 0 Å². The molecule has 1 aliphatic rings. The fourth-order valence-corrected chi connectivity index (χ4v) is 3.90. The largest absolute Gasteiger partial charge is 0.498 e. The standard InChI is InChI=1S/C25H35BO3/c1-16-13-19(23(3,4)5)14-17(2)22(16)18-11-12-21(27-10)20(15-18)26-28-24(6,7)25(8,9)29-26/h11-15H,1-10H3. The van der Waals surface area contributed by atoms with Crippen LogP contribution in [0.25, 0.3) is 11.1 Å². The summed E-state index contributed by atoms with van der Waals surface area (Å²) in [5.74, 6) is 0.786. The zero-order valence-corrected chi connectivity index (χ0v) is 19.7. The molecule has 0 bridgehead atoms. The van der Waals surface area contributed by atoms with Crippen LogP contribution >= 0.6 is 0 Å². The number of rotatable bonds is 3. The molecule has 0 amide bonds. The van der Waals surface area contributed by atoms with Crippen molar-refractivity contribution in [2.75, 3.05) is 7.11 Å². The third-order valence-electron chi connectivity index (χ3n) is 6.42. The molecule has 1 fully saturated rings. The van der Waals surface area contributed by atoms with Crippen LogP contribution in [0.4, 0.5) is 0 Å². The predicted octanol–water partition coefficient (Wildman–Crippen LogP) is 5.58. The summed E-state index contributed by atoms with van der Waals surface area (Å²) in [6.45, 7) is 19.4. The van der Waals surface area contributed by atoms with E-state index < -0.39 is 18.3 Å². The number of hydrogen-bond acceptors (Lipinski definition) is 3. The lowest BCUT2D eigenvalue weighted by Crippen LogP contribution is -2.41. The number of aryl methyl sites for hydroxylation is 2. The van der Waals surface area contributed by atoms with E-state index in [4.69, 9.17) is 14.0 Å². The van der Waals surface area contributed by atoms with Crippen molar-refractivity contribution in [2.24, 2.45) is 0 Å². The van der Waals surface area contributed by atoms with Crippen LogP contribution in [-0.4, -0.2) is 25.4 Å². The van der Waals surface area contributed by atoms with E-state index in [1.807, 2.05) is 6.07 Å². The highest BCUT2D eigenvalue weighted by Gasteiger charge is 2.52. The van der Waals surface area contributed by atoms with E-state index in [2.05, 4.69) is 86.6 Å². The van der Waals surface area contributed by atoms with E-state index in [1.165, 1.54) is 22.3 Å². The van der Waals surface area contributed by atoms with Crippen LogP contribution in [-0.2, 0) is 14.7 Å². The van der Waals surface area contributed by atoms with Crippen molar-refractivity contribution in [1.82, 2.24) is 0 Å². The number of ether oxygens (including phenoxy) is 1. The molecule has 0 aromatic heterocycles. The highest BCUT2D eigenvalue weighted by molar-refractivity contribution is 6.63. The summed E-state index contributed by atoms with van der Waals surface area (Å²) in [6, 6.07) is 10.9. The average molecular weight is 394 g/mol. The van der Waals surface area contributed by atoms with E-state index in [1.54, 1.807) is 7.11 Å². The summed E-state index contributed by atoms with van der Waals surface area (Å²) in [6.07, 6.45) is 0. The molecule has 0 N–H and O–H groups in total. The van der Waals surface area contributed by atoms with E-state index in [9.17, 15) is 0 Å². The van der Waals surface area contributed by atoms with Crippen molar-refractivity contribution in [3.63, 3.8) is 0 Å². The maximum absolute atomic E-state index is 6.31. The van der Waals surface area contributed by atoms with Crippen LogP contribution in [0.5, 0.6) is 5.75 Å². The van der Waals surface area contributed by atoms with E-state index >= 15 is 0 Å². The molecule has 3 rings (SSSR count). The van der Waals surface area contributed by atoms with E-state index in [0.29, 0.717) is 0 Å². The fraction of sp³-hybridized carbons (Fsp3) is 0.520. The summed E-state index contributed by atoms with van der Waals surface area (Å²) in [5.41, 5.74) is 6.61. The highest BCUT2D eigenvalue weighted by Crippen LogP contribution is 2.38. The lowest BCUT2D eigenvalue weighted by atomic mass is 9.76. The van der Waals surface area contributed by atoms with Gasteiger partial charge in [-0.1, -0.05) is 45.0 Å². The molecule has 4 heteroatoms. The summed E-state index contributed by atoms with van der Waals surface area (Å²) >= 11 is 0. The van der Waals surface area contributed by atoms with Crippen LogP contribution in [0.1, 0.15) is 65.2 Å². The SMILES string of the molecule is COc1ccc(-c2c(C)cc(C(C)(C)C)cc2C)cc1B1OC(C)(C)C(C)(C)O1. The molecule has 1 heterocycles. The Hall–Kier alpha value is -1.78. The smallest absolute Gasteiger partial charge is 0.497 e. The van der Waals surface area contributed by atoms with Crippen molar-refractivity contribution < 1.29 is 14.0 Å². The summed E-state index contributed by atoms with van der Waals surface area (Å²) < 4.78 is 18.3. The zero-order chi connectivity index (χ0) is 21.8. The van der Waals surface area contributed by atoms with Gasteiger partial charge >= 0.3 is 7.12 Å². The van der Waals surface area contributed by atoms with Gasteiger partial charge < -0.3 is 14.0 Å². The second kappa shape index (κ2) is 7.18. The van der Waals surface area contributed by atoms with Gasteiger partial charge in [-0.15, -0.1) is 0 Å². The first-order valence-corrected chi connectivity index (χ1v) is 10.4. The van der Waals surface area contributed by atoms with E-state index in [-0.39, 0.29) is 5.41 Å². The molecule has 156 valence electrons. The van der Waals surface area contributed by atoms with Crippen molar-refractivity contribution in [3.8, 4) is 16.9 Å². The summed E-state index contributed by atoms with van der Waals surface area (Å²) in [4.78, 5) is 0. The van der Waals surface area contributed by atoms with Crippen LogP contribution in [0.15, 0.2) is 30.3 Å². The summed E-state index contributed by atoms with van der Waals surface area (Å²) in [7, 11) is 1.24. The minimum absolute atomic E-state index is 0.127. The second-order valence-electron chi connectivity index (χ2n) is 10.3. The first-order valence-electron chi connectivity index (χ1n) is 10.4. The average Bonchev–Trinajstić information content (AvgIpc) is 2.81. The van der Waals surface area contributed by atoms with Crippen molar-refractivity contribution in [3.05, 3.63) is 47.0 Å². The lowest BCUT2D eigenvalue weighted by Gasteiger charge is -2.32. The third kappa shape index (κ3) is 3.97. The quantitative estimate of drug-likeness (QED) is 0.637. The Morgan fingerprint density at radius 2 is 1.38 bits per heavy atom. The maximum atomic E-state index is 6.31. The Morgan fingerprint density at radius 1 is 0.862 bits per heavy atom. The molecular formula is C25H35BO3. The molecule has 0 spiro atoms. The van der Waals surface area contributed by atoms with Gasteiger partial charge in [0.25, 0.3) is 0 Å². The van der Waals surface area contributed by atoms with Crippen LogP contribution in [0, 0.1) is 13.8 Å². The number of hydrogen-bond donors (Lipinski definition) is 0. The third-order valence-corrected chi connectivity index (χ3v) is 6.42. The van der Waals surface area contributed by atoms with Crippen LogP contribution in [0.2, 0.25) is 0 Å². The molecular weight excluding hydrogens is 359 g/mol. The zero-order valence-electron chi connectivity index (χ0n) is 19.7. The number of methoxy groups -OCH3 is 1. The minimum atomic E-state index is -0.454. The second-order valence-corrected chi connectivity index (χ2v) is 10.3. The molecule has 0 radical (unpaired) electrons. The first kappa shape index (κ1) is 21.9. The first-order chi connectivity index (χ1) is 13.3. The van der Waals surface area contributed by atoms with Crippen molar-refractivity contribution in [2.45, 2.75) is 78.9 Å². The molecule has 3 nitrogen and oxygen atoms in total. The Kier molecular flexibility index (Phi) is 5.42. The van der Waals surface area contributed by atoms with Gasteiger partial charge in [0.15, 0.2) is 0 Å². The monoisotopic (exact) mass is 394 g/mol. The van der Waals surface area contributed by atoms with Gasteiger partial charge in [-0.25, -0.2) is 0 Å². The Labute approximate surface area is 176 Å². The molecule has 2 aromatic rings. The normalized spacial score (nSPS) is 18.2. The van der Waals surface area contributed by atoms with Crippen LogP contribution < -0.4 is 10.2 Å². The van der Waals surface area contributed by atoms with Gasteiger partial charge in [0.05, 0.1) is 18.3 Å². The minimum Gasteiger partial charge on any atom is -0.497 e. The Morgan fingerprint density at radius 3 is 1.83 bits per heavy atom. The van der Waals surface area contributed by atoms with Crippen molar-refractivity contribution in [1.29, 1.82) is 0 Å². The number of benzene rings is 2. The highest BCUT2D eigenvalue weighted by atomic mass is 16.7. The molecule has 29 heavy (non-hydrogen) atoms. The molecule has 0 atom stereocenters. The molecule has 1 saturated heterocycles. The molecule has 0 aliphatic carbocycles. The Bertz CT molecular complexity index is 883. The van der Waals surface area contributed by atoms with Gasteiger partial charge in [0, 0.05) is 5.46 Å². The van der Waals surface area contributed by atoms with Gasteiger partial charge in [0.1, 0.15) is 5.75 Å². The van der Waals surface area contributed by atoms with Gasteiger partial charge in [-0.2, -0.15) is 0 Å². The van der Waals surface area contributed by atoms with Gasteiger partial charge in [0.2, 0.25) is 0 Å². The topological polar surface area (TPSA) is 27.7 Å². The predicted molar refractivity (Wildman–Crippen MR) is 122 cm³/mol. The fourth-order valence-electron chi connectivity index (χ4n) is 3.90. The van der Waals surface area contributed by atoms with Crippen molar-refractivity contribution >= 4 is 12.6 Å². The van der Waals surface area contributed by atoms with E-state index in [0.717, 1.165) is 16.8 Å². The van der Waals surface area contributed by atoms with Crippen LogP contribution in [0.3, 0.4) is 0 Å². The maximum Gasteiger partial charge on any atom is 0.498 e. The molecule has 1 aliphatic heterocycles. The molecule has 0 unspecified atom stereocenters.